The van der Waals surface area contributed by atoms with Gasteiger partial charge >= 0.3 is 0 Å². The number of fused-ring (bicyclic) bond motifs is 1. The van der Waals surface area contributed by atoms with Gasteiger partial charge in [0, 0.05) is 5.41 Å². The first-order chi connectivity index (χ1) is 9.88. The van der Waals surface area contributed by atoms with E-state index in [9.17, 15) is 4.79 Å². The van der Waals surface area contributed by atoms with Crippen LogP contribution in [0.25, 0.3) is 0 Å². The number of rotatable bonds is 1. The van der Waals surface area contributed by atoms with Crippen molar-refractivity contribution in [2.45, 2.75) is 72.1 Å². The van der Waals surface area contributed by atoms with E-state index in [1.807, 2.05) is 0 Å². The lowest BCUT2D eigenvalue weighted by atomic mass is 9.40. The van der Waals surface area contributed by atoms with Gasteiger partial charge in [0.15, 0.2) is 0 Å². The molecule has 6 saturated carbocycles. The van der Waals surface area contributed by atoms with Crippen molar-refractivity contribution in [3.05, 3.63) is 0 Å². The zero-order valence-electron chi connectivity index (χ0n) is 14.0. The highest BCUT2D eigenvalue weighted by atomic mass is 16.1. The molecule has 0 radical (unpaired) electrons. The molecule has 7 atom stereocenters. The molecule has 0 N–H and O–H groups in total. The van der Waals surface area contributed by atoms with Crippen LogP contribution in [0.2, 0.25) is 0 Å². The second-order valence-electron chi connectivity index (χ2n) is 10.4. The Morgan fingerprint density at radius 3 is 2.52 bits per heavy atom. The molecule has 21 heavy (non-hydrogen) atoms. The molecule has 6 aliphatic rings. The Balaban J connectivity index is 1.56. The fourth-order valence-corrected chi connectivity index (χ4v) is 8.78. The zero-order valence-corrected chi connectivity index (χ0v) is 14.0. The lowest BCUT2D eigenvalue weighted by Gasteiger charge is -2.65. The van der Waals surface area contributed by atoms with Crippen LogP contribution in [-0.2, 0) is 4.79 Å². The van der Waals surface area contributed by atoms with Crippen molar-refractivity contribution in [2.75, 3.05) is 0 Å². The second-order valence-corrected chi connectivity index (χ2v) is 10.4. The third kappa shape index (κ3) is 1.27. The Hall–Kier alpha value is -0.330. The van der Waals surface area contributed by atoms with Gasteiger partial charge in [-0.25, -0.2) is 0 Å². The minimum atomic E-state index is 0.171. The summed E-state index contributed by atoms with van der Waals surface area (Å²) in [6.07, 6.45) is 12.6. The average Bonchev–Trinajstić information content (AvgIpc) is 2.93. The van der Waals surface area contributed by atoms with Crippen LogP contribution in [0, 0.1) is 45.3 Å². The van der Waals surface area contributed by atoms with Gasteiger partial charge in [-0.15, -0.1) is 0 Å². The van der Waals surface area contributed by atoms with Crippen molar-refractivity contribution in [1.82, 2.24) is 0 Å². The molecule has 0 amide bonds. The van der Waals surface area contributed by atoms with E-state index >= 15 is 0 Å². The molecule has 0 unspecified atom stereocenters. The van der Waals surface area contributed by atoms with Crippen molar-refractivity contribution >= 4 is 6.29 Å². The van der Waals surface area contributed by atoms with E-state index in [-0.39, 0.29) is 5.41 Å². The highest BCUT2D eigenvalue weighted by Crippen LogP contribution is 2.85. The number of hydrogen-bond donors (Lipinski definition) is 0. The molecule has 116 valence electrons. The highest BCUT2D eigenvalue weighted by Gasteiger charge is 2.80. The predicted molar refractivity (Wildman–Crippen MR) is 83.7 cm³/mol. The van der Waals surface area contributed by atoms with E-state index in [4.69, 9.17) is 0 Å². The van der Waals surface area contributed by atoms with E-state index in [0.29, 0.717) is 16.2 Å². The first-order valence-electron chi connectivity index (χ1n) is 9.34. The van der Waals surface area contributed by atoms with Gasteiger partial charge in [0.05, 0.1) is 0 Å². The fourth-order valence-electron chi connectivity index (χ4n) is 8.78. The van der Waals surface area contributed by atoms with Gasteiger partial charge in [0.2, 0.25) is 0 Å². The Kier molecular flexibility index (Phi) is 2.15. The molecule has 1 heteroatoms. The summed E-state index contributed by atoms with van der Waals surface area (Å²) in [5.74, 6) is 3.43. The van der Waals surface area contributed by atoms with Gasteiger partial charge in [0.1, 0.15) is 6.29 Å². The predicted octanol–water partition coefficient (Wildman–Crippen LogP) is 4.84. The van der Waals surface area contributed by atoms with Crippen molar-refractivity contribution in [3.63, 3.8) is 0 Å². The van der Waals surface area contributed by atoms with Gasteiger partial charge in [0.25, 0.3) is 0 Å². The largest absolute Gasteiger partial charge is 0.303 e. The monoisotopic (exact) mass is 286 g/mol. The maximum atomic E-state index is 11.7. The molecule has 0 saturated heterocycles. The summed E-state index contributed by atoms with van der Waals surface area (Å²) in [5, 5.41) is 0. The molecule has 6 rings (SSSR count). The van der Waals surface area contributed by atoms with Gasteiger partial charge in [-0.1, -0.05) is 27.2 Å². The summed E-state index contributed by atoms with van der Waals surface area (Å²) in [5.41, 5.74) is 1.85. The van der Waals surface area contributed by atoms with E-state index in [2.05, 4.69) is 20.8 Å². The molecule has 0 aromatic rings. The van der Waals surface area contributed by atoms with Crippen LogP contribution in [0.5, 0.6) is 0 Å². The summed E-state index contributed by atoms with van der Waals surface area (Å²) in [7, 11) is 0. The average molecular weight is 286 g/mol. The van der Waals surface area contributed by atoms with Gasteiger partial charge in [-0.05, 0) is 84.9 Å². The molecule has 6 aliphatic carbocycles. The molecule has 6 fully saturated rings. The maximum Gasteiger partial charge on any atom is 0.126 e. The van der Waals surface area contributed by atoms with Crippen molar-refractivity contribution < 1.29 is 4.79 Å². The topological polar surface area (TPSA) is 17.1 Å². The van der Waals surface area contributed by atoms with E-state index < -0.39 is 0 Å². The Morgan fingerprint density at radius 1 is 1.00 bits per heavy atom. The van der Waals surface area contributed by atoms with E-state index in [0.717, 1.165) is 23.7 Å². The molecule has 0 aliphatic heterocycles. The molecule has 1 nitrogen and oxygen atoms in total. The third-order valence-electron chi connectivity index (χ3n) is 9.49. The fraction of sp³-hybridized carbons (Fsp3) is 0.950. The molecule has 0 heterocycles. The lowest BCUT2D eigenvalue weighted by molar-refractivity contribution is -0.161. The first-order valence-corrected chi connectivity index (χ1v) is 9.34. The smallest absolute Gasteiger partial charge is 0.126 e. The summed E-state index contributed by atoms with van der Waals surface area (Å²) >= 11 is 0. The molecule has 4 bridgehead atoms. The van der Waals surface area contributed by atoms with Crippen LogP contribution in [0.4, 0.5) is 0 Å². The summed E-state index contributed by atoms with van der Waals surface area (Å²) < 4.78 is 0. The second kappa shape index (κ2) is 3.44. The summed E-state index contributed by atoms with van der Waals surface area (Å²) in [4.78, 5) is 11.7. The maximum absolute atomic E-state index is 11.7. The molecule has 1 spiro atoms. The number of aldehydes is 1. The molecule has 0 aromatic heterocycles. The molecule has 0 aromatic carbocycles. The Morgan fingerprint density at radius 2 is 1.81 bits per heavy atom. The van der Waals surface area contributed by atoms with Gasteiger partial charge in [-0.2, -0.15) is 0 Å². The van der Waals surface area contributed by atoms with Gasteiger partial charge < -0.3 is 4.79 Å². The van der Waals surface area contributed by atoms with Crippen LogP contribution in [0.3, 0.4) is 0 Å². The number of carbonyl (C=O) groups is 1. The van der Waals surface area contributed by atoms with E-state index in [1.165, 1.54) is 57.7 Å². The minimum absolute atomic E-state index is 0.171. The first kappa shape index (κ1) is 13.1. The number of hydrogen-bond acceptors (Lipinski definition) is 1. The quantitative estimate of drug-likeness (QED) is 0.630. The van der Waals surface area contributed by atoms with Crippen molar-refractivity contribution in [3.8, 4) is 0 Å². The highest BCUT2D eigenvalue weighted by molar-refractivity contribution is 5.68. The van der Waals surface area contributed by atoms with Gasteiger partial charge in [-0.3, -0.25) is 0 Å². The number of carbonyl (C=O) groups excluding carboxylic acids is 1. The Bertz CT molecular complexity index is 522. The SMILES string of the molecule is CC1(C)CCC[C@]2(C)[C@@H]1CC[C@@]13C[C@H]4[C@@H](C[C@H]12)[C@@]4(C=O)C3. The van der Waals surface area contributed by atoms with Crippen LogP contribution in [-0.4, -0.2) is 6.29 Å². The van der Waals surface area contributed by atoms with Crippen molar-refractivity contribution in [1.29, 1.82) is 0 Å². The summed E-state index contributed by atoms with van der Waals surface area (Å²) in [6, 6.07) is 0. The molecular weight excluding hydrogens is 256 g/mol. The zero-order chi connectivity index (χ0) is 14.7. The molecular formula is C20H30O. The third-order valence-corrected chi connectivity index (χ3v) is 9.49. The normalized spacial score (nSPS) is 62.6. The Labute approximate surface area is 129 Å². The van der Waals surface area contributed by atoms with E-state index in [1.54, 1.807) is 0 Å². The lowest BCUT2D eigenvalue weighted by Crippen LogP contribution is -2.57. The van der Waals surface area contributed by atoms with Crippen LogP contribution in [0.1, 0.15) is 72.1 Å². The minimum Gasteiger partial charge on any atom is -0.303 e. The van der Waals surface area contributed by atoms with Crippen molar-refractivity contribution in [2.24, 2.45) is 45.3 Å². The van der Waals surface area contributed by atoms with Crippen LogP contribution >= 0.6 is 0 Å². The standard InChI is InChI=1S/C20H30O/c1-17(2)6-4-7-18(3)15(17)5-8-19-10-14-13(9-16(18)19)20(14,11-19)12-21/h12-16H,4-11H2,1-3H3/t13-,14+,15-,16+,18-,19+,20+/m1/s1. The van der Waals surface area contributed by atoms with Crippen LogP contribution < -0.4 is 0 Å². The summed E-state index contributed by atoms with van der Waals surface area (Å²) in [6.45, 7) is 7.71. The van der Waals surface area contributed by atoms with Crippen LogP contribution in [0.15, 0.2) is 0 Å².